The van der Waals surface area contributed by atoms with Crippen molar-refractivity contribution in [3.8, 4) is 0 Å². The lowest BCUT2D eigenvalue weighted by Crippen LogP contribution is -2.33. The average Bonchev–Trinajstić information content (AvgIpc) is 2.34. The molecule has 0 aromatic carbocycles. The molecule has 1 aliphatic rings. The van der Waals surface area contributed by atoms with Crippen molar-refractivity contribution in [2.45, 2.75) is 12.5 Å². The Hall–Kier alpha value is -0.610. The first-order valence-electron chi connectivity index (χ1n) is 3.35. The minimum atomic E-state index is -0.646. The smallest absolute Gasteiger partial charge is 0.251 e. The van der Waals surface area contributed by atoms with Gasteiger partial charge in [-0.25, -0.2) is 5.11 Å². The van der Waals surface area contributed by atoms with Crippen molar-refractivity contribution >= 4 is 5.91 Å². The Bertz CT molecular complexity index is 138. The van der Waals surface area contributed by atoms with Gasteiger partial charge in [0.15, 0.2) is 6.61 Å². The van der Waals surface area contributed by atoms with Gasteiger partial charge in [0.25, 0.3) is 5.91 Å². The van der Waals surface area contributed by atoms with E-state index < -0.39 is 6.61 Å². The highest BCUT2D eigenvalue weighted by atomic mass is 16.3. The number of nitrogens with zero attached hydrogens (tertiary/aromatic N) is 1. The third-order valence-corrected chi connectivity index (χ3v) is 1.70. The molecule has 1 atom stereocenters. The van der Waals surface area contributed by atoms with E-state index in [2.05, 4.69) is 0 Å². The zero-order valence-electron chi connectivity index (χ0n) is 5.75. The van der Waals surface area contributed by atoms with Gasteiger partial charge >= 0.3 is 0 Å². The number of hydrogen-bond acceptors (Lipinski definition) is 2. The van der Waals surface area contributed by atoms with Crippen LogP contribution in [-0.4, -0.2) is 36.5 Å². The summed E-state index contributed by atoms with van der Waals surface area (Å²) in [7, 11) is 0. The summed E-state index contributed by atoms with van der Waals surface area (Å²) in [6.45, 7) is 0.566. The Labute approximate surface area is 59.6 Å². The molecule has 0 aromatic rings. The summed E-state index contributed by atoms with van der Waals surface area (Å²) in [5, 5.41) is 10.1. The largest absolute Gasteiger partial charge is 0.339 e. The maximum Gasteiger partial charge on any atom is 0.251 e. The third-order valence-electron chi connectivity index (χ3n) is 1.70. The Morgan fingerprint density at radius 2 is 2.40 bits per heavy atom. The van der Waals surface area contributed by atoms with Crippen LogP contribution in [0.1, 0.15) is 6.42 Å². The number of hydrogen-bond donors (Lipinski definition) is 1. The first kappa shape index (κ1) is 7.50. The Morgan fingerprint density at radius 3 is 2.80 bits per heavy atom. The van der Waals surface area contributed by atoms with E-state index >= 15 is 0 Å². The molecule has 2 N–H and O–H groups in total. The molecule has 0 bridgehead atoms. The van der Waals surface area contributed by atoms with Gasteiger partial charge in [0.2, 0.25) is 0 Å². The number of rotatable bonds is 1. The Morgan fingerprint density at radius 1 is 1.70 bits per heavy atom. The van der Waals surface area contributed by atoms with Gasteiger partial charge in [-0.3, -0.25) is 4.79 Å². The highest BCUT2D eigenvalue weighted by Gasteiger charge is 2.22. The van der Waals surface area contributed by atoms with E-state index in [-0.39, 0.29) is 11.9 Å². The number of nitrogens with two attached hydrogens (primary N) is 1. The van der Waals surface area contributed by atoms with Gasteiger partial charge in [0, 0.05) is 19.1 Å². The predicted molar refractivity (Wildman–Crippen MR) is 34.7 cm³/mol. The number of amides is 1. The molecule has 1 aliphatic heterocycles. The lowest BCUT2D eigenvalue weighted by atomic mass is 10.3. The van der Waals surface area contributed by atoms with E-state index in [0.717, 1.165) is 6.42 Å². The molecule has 1 rings (SSSR count). The third kappa shape index (κ3) is 1.46. The number of carbonyl (C=O) groups is 1. The van der Waals surface area contributed by atoms with Crippen LogP contribution in [0.25, 0.3) is 0 Å². The zero-order valence-corrected chi connectivity index (χ0v) is 5.75. The Kier molecular flexibility index (Phi) is 2.24. The summed E-state index contributed by atoms with van der Waals surface area (Å²) in [4.78, 5) is 12.2. The van der Waals surface area contributed by atoms with Crippen molar-refractivity contribution < 1.29 is 9.90 Å². The zero-order chi connectivity index (χ0) is 7.56. The molecule has 0 saturated carbocycles. The molecular formula is C6H11N2O2. The first-order chi connectivity index (χ1) is 4.74. The molecule has 57 valence electrons. The van der Waals surface area contributed by atoms with Crippen molar-refractivity contribution in [1.82, 2.24) is 4.90 Å². The van der Waals surface area contributed by atoms with Crippen LogP contribution in [-0.2, 0) is 9.90 Å². The van der Waals surface area contributed by atoms with Gasteiger partial charge in [-0.2, -0.15) is 0 Å². The second-order valence-corrected chi connectivity index (χ2v) is 2.53. The van der Waals surface area contributed by atoms with E-state index in [4.69, 9.17) is 5.73 Å². The molecule has 1 unspecified atom stereocenters. The van der Waals surface area contributed by atoms with Crippen LogP contribution in [0.15, 0.2) is 0 Å². The highest BCUT2D eigenvalue weighted by molar-refractivity contribution is 5.77. The average molecular weight is 143 g/mol. The summed E-state index contributed by atoms with van der Waals surface area (Å²) in [6.07, 6.45) is 0.825. The summed E-state index contributed by atoms with van der Waals surface area (Å²) < 4.78 is 0. The first-order valence-corrected chi connectivity index (χ1v) is 3.35. The topological polar surface area (TPSA) is 66.2 Å². The van der Waals surface area contributed by atoms with Gasteiger partial charge < -0.3 is 10.6 Å². The van der Waals surface area contributed by atoms with Crippen LogP contribution in [0.5, 0.6) is 0 Å². The maximum absolute atomic E-state index is 10.7. The van der Waals surface area contributed by atoms with Gasteiger partial charge in [0.05, 0.1) is 0 Å². The van der Waals surface area contributed by atoms with E-state index in [1.807, 2.05) is 0 Å². The van der Waals surface area contributed by atoms with Gasteiger partial charge in [-0.05, 0) is 6.42 Å². The minimum Gasteiger partial charge on any atom is -0.339 e. The van der Waals surface area contributed by atoms with Crippen LogP contribution >= 0.6 is 0 Å². The molecule has 1 saturated heterocycles. The van der Waals surface area contributed by atoms with Crippen molar-refractivity contribution in [2.75, 3.05) is 19.7 Å². The maximum atomic E-state index is 10.7. The van der Waals surface area contributed by atoms with Gasteiger partial charge in [0.1, 0.15) is 0 Å². The highest BCUT2D eigenvalue weighted by Crippen LogP contribution is 2.05. The van der Waals surface area contributed by atoms with Crippen molar-refractivity contribution in [2.24, 2.45) is 5.73 Å². The second kappa shape index (κ2) is 2.98. The lowest BCUT2D eigenvalue weighted by Gasteiger charge is -2.12. The summed E-state index contributed by atoms with van der Waals surface area (Å²) in [6, 6.07) is 0.0792. The van der Waals surface area contributed by atoms with E-state index in [1.165, 1.54) is 4.90 Å². The monoisotopic (exact) mass is 143 g/mol. The van der Waals surface area contributed by atoms with E-state index in [1.54, 1.807) is 0 Å². The summed E-state index contributed by atoms with van der Waals surface area (Å²) in [5.74, 6) is -0.326. The molecule has 1 radical (unpaired) electrons. The molecule has 1 amide bonds. The molecule has 1 heterocycles. The quantitative estimate of drug-likeness (QED) is 0.510. The van der Waals surface area contributed by atoms with Crippen LogP contribution in [0.3, 0.4) is 0 Å². The number of likely N-dealkylation sites (tertiary alicyclic amines) is 1. The fourth-order valence-electron chi connectivity index (χ4n) is 1.11. The summed E-state index contributed by atoms with van der Waals surface area (Å²) in [5.41, 5.74) is 5.52. The normalized spacial score (nSPS) is 25.4. The lowest BCUT2D eigenvalue weighted by molar-refractivity contribution is -0.134. The van der Waals surface area contributed by atoms with Crippen LogP contribution in [0, 0.1) is 0 Å². The summed E-state index contributed by atoms with van der Waals surface area (Å²) >= 11 is 0. The van der Waals surface area contributed by atoms with Crippen molar-refractivity contribution in [3.63, 3.8) is 0 Å². The molecule has 0 spiro atoms. The minimum absolute atomic E-state index is 0.0792. The van der Waals surface area contributed by atoms with Crippen molar-refractivity contribution in [3.05, 3.63) is 0 Å². The molecule has 10 heavy (non-hydrogen) atoms. The molecule has 0 aliphatic carbocycles. The van der Waals surface area contributed by atoms with E-state index in [0.29, 0.717) is 13.1 Å². The van der Waals surface area contributed by atoms with Crippen LogP contribution in [0.4, 0.5) is 0 Å². The van der Waals surface area contributed by atoms with Crippen molar-refractivity contribution in [1.29, 1.82) is 0 Å². The van der Waals surface area contributed by atoms with Crippen LogP contribution < -0.4 is 5.73 Å². The molecule has 4 heteroatoms. The van der Waals surface area contributed by atoms with E-state index in [9.17, 15) is 9.90 Å². The predicted octanol–water partition coefficient (Wildman–Crippen LogP) is -1.02. The van der Waals surface area contributed by atoms with Gasteiger partial charge in [-0.1, -0.05) is 0 Å². The molecule has 4 nitrogen and oxygen atoms in total. The molecule has 0 aromatic heterocycles. The standard InChI is InChI=1S/C6H11N2O2/c7-5-1-2-8(3-5)6(10)4-9/h5H,1-4,7H2. The number of carbonyl (C=O) groups excluding carboxylic acids is 1. The fourth-order valence-corrected chi connectivity index (χ4v) is 1.11. The molecule has 1 fully saturated rings. The Balaban J connectivity index is 2.37. The molecular weight excluding hydrogens is 132 g/mol. The van der Waals surface area contributed by atoms with Gasteiger partial charge in [-0.15, -0.1) is 0 Å². The SMILES string of the molecule is NC1CCN(C(=O)C[O])C1. The van der Waals surface area contributed by atoms with Crippen LogP contribution in [0.2, 0.25) is 0 Å². The second-order valence-electron chi connectivity index (χ2n) is 2.53. The fraction of sp³-hybridized carbons (Fsp3) is 0.833.